The number of halogens is 3. The van der Waals surface area contributed by atoms with E-state index in [4.69, 9.17) is 4.74 Å². The average molecular weight is 358 g/mol. The van der Waals surface area contributed by atoms with Gasteiger partial charge >= 0.3 is 12.3 Å². The molecule has 4 nitrogen and oxygen atoms in total. The maximum atomic E-state index is 13.7. The molecule has 0 bridgehead atoms. The number of carbonyl (C=O) groups excluding carboxylic acids is 1. The molecule has 1 saturated heterocycles. The largest absolute Gasteiger partial charge is 0.444 e. The molecule has 1 aliphatic rings. The van der Waals surface area contributed by atoms with Gasteiger partial charge in [0.15, 0.2) is 0 Å². The Morgan fingerprint density at radius 1 is 1.24 bits per heavy atom. The molecule has 0 saturated carbocycles. The molecule has 1 amide bonds. The molecule has 1 aliphatic heterocycles. The standard InChI is InChI=1S/C18H25F3N2O2/c1-16(2,3)25-15(24)22-12-17(18(19,20)21)9-10-23(13-17)11-14-7-5-4-6-8-14/h4-8H,9-13H2,1-3H3,(H,22,24). The number of nitrogens with one attached hydrogen (secondary N) is 1. The van der Waals surface area contributed by atoms with Gasteiger partial charge in [0, 0.05) is 19.6 Å². The van der Waals surface area contributed by atoms with E-state index in [0.717, 1.165) is 5.56 Å². The maximum absolute atomic E-state index is 13.7. The fraction of sp³-hybridized carbons (Fsp3) is 0.611. The smallest absolute Gasteiger partial charge is 0.407 e. The van der Waals surface area contributed by atoms with Crippen molar-refractivity contribution in [3.63, 3.8) is 0 Å². The van der Waals surface area contributed by atoms with Crippen molar-refractivity contribution in [1.29, 1.82) is 0 Å². The minimum atomic E-state index is -4.40. The number of alkyl carbamates (subject to hydrolysis) is 1. The summed E-state index contributed by atoms with van der Waals surface area (Å²) in [5.41, 5.74) is -1.72. The maximum Gasteiger partial charge on any atom is 0.407 e. The van der Waals surface area contributed by atoms with Gasteiger partial charge in [-0.3, -0.25) is 4.90 Å². The van der Waals surface area contributed by atoms with Crippen LogP contribution in [0.5, 0.6) is 0 Å². The first-order valence-corrected chi connectivity index (χ1v) is 8.31. The highest BCUT2D eigenvalue weighted by atomic mass is 19.4. The molecule has 0 aliphatic carbocycles. The fourth-order valence-corrected chi connectivity index (χ4v) is 2.97. The van der Waals surface area contributed by atoms with E-state index in [1.807, 2.05) is 30.3 Å². The number of amides is 1. The lowest BCUT2D eigenvalue weighted by molar-refractivity contribution is -0.217. The minimum absolute atomic E-state index is 0.0425. The average Bonchev–Trinajstić information content (AvgIpc) is 2.89. The minimum Gasteiger partial charge on any atom is -0.444 e. The number of ether oxygens (including phenoxy) is 1. The van der Waals surface area contributed by atoms with Crippen LogP contribution in [0.15, 0.2) is 30.3 Å². The van der Waals surface area contributed by atoms with Crippen molar-refractivity contribution in [2.75, 3.05) is 19.6 Å². The molecule has 1 atom stereocenters. The third kappa shape index (κ3) is 5.36. The van der Waals surface area contributed by atoms with Gasteiger partial charge in [-0.05, 0) is 39.3 Å². The number of hydrogen-bond acceptors (Lipinski definition) is 3. The van der Waals surface area contributed by atoms with Crippen molar-refractivity contribution in [2.45, 2.75) is 45.5 Å². The van der Waals surface area contributed by atoms with E-state index in [1.165, 1.54) is 0 Å². The Kier molecular flexibility index (Phi) is 5.66. The van der Waals surface area contributed by atoms with E-state index >= 15 is 0 Å². The molecule has 1 N–H and O–H groups in total. The first kappa shape index (κ1) is 19.6. The van der Waals surface area contributed by atoms with Gasteiger partial charge in [0.2, 0.25) is 0 Å². The van der Waals surface area contributed by atoms with Crippen LogP contribution in [0.2, 0.25) is 0 Å². The molecule has 1 heterocycles. The highest BCUT2D eigenvalue weighted by Crippen LogP contribution is 2.45. The molecule has 0 aromatic heterocycles. The summed E-state index contributed by atoms with van der Waals surface area (Å²) in [6.45, 7) is 5.20. The number of likely N-dealkylation sites (tertiary alicyclic amines) is 1. The summed E-state index contributed by atoms with van der Waals surface area (Å²) in [5.74, 6) is 0. The Hall–Kier alpha value is -1.76. The molecule has 1 unspecified atom stereocenters. The van der Waals surface area contributed by atoms with E-state index in [9.17, 15) is 18.0 Å². The molecule has 7 heteroatoms. The van der Waals surface area contributed by atoms with Crippen LogP contribution in [0, 0.1) is 5.41 Å². The zero-order valence-electron chi connectivity index (χ0n) is 14.8. The molecule has 0 radical (unpaired) electrons. The van der Waals surface area contributed by atoms with E-state index < -0.39 is 29.8 Å². The Balaban J connectivity index is 2.01. The van der Waals surface area contributed by atoms with Crippen LogP contribution < -0.4 is 5.32 Å². The van der Waals surface area contributed by atoms with Crippen LogP contribution in [0.25, 0.3) is 0 Å². The summed E-state index contributed by atoms with van der Waals surface area (Å²) in [4.78, 5) is 13.5. The molecule has 2 rings (SSSR count). The summed E-state index contributed by atoms with van der Waals surface area (Å²) in [7, 11) is 0. The zero-order chi connectivity index (χ0) is 18.7. The second kappa shape index (κ2) is 7.23. The highest BCUT2D eigenvalue weighted by Gasteiger charge is 2.57. The van der Waals surface area contributed by atoms with E-state index in [-0.39, 0.29) is 13.0 Å². The monoisotopic (exact) mass is 358 g/mol. The molecular formula is C18H25F3N2O2. The number of carbonyl (C=O) groups is 1. The van der Waals surface area contributed by atoms with Crippen LogP contribution in [0.3, 0.4) is 0 Å². The Labute approximate surface area is 146 Å². The second-order valence-corrected chi connectivity index (χ2v) is 7.58. The molecule has 1 aromatic rings. The second-order valence-electron chi connectivity index (χ2n) is 7.58. The quantitative estimate of drug-likeness (QED) is 0.886. The predicted molar refractivity (Wildman–Crippen MR) is 89.1 cm³/mol. The van der Waals surface area contributed by atoms with Gasteiger partial charge < -0.3 is 10.1 Å². The van der Waals surface area contributed by atoms with Crippen LogP contribution in [0.1, 0.15) is 32.8 Å². The summed E-state index contributed by atoms with van der Waals surface area (Å²) < 4.78 is 46.1. The highest BCUT2D eigenvalue weighted by molar-refractivity contribution is 5.67. The summed E-state index contributed by atoms with van der Waals surface area (Å²) in [6, 6.07) is 9.40. The number of nitrogens with zero attached hydrogens (tertiary/aromatic N) is 1. The summed E-state index contributed by atoms with van der Waals surface area (Å²) in [6.07, 6.45) is -5.26. The van der Waals surface area contributed by atoms with Gasteiger partial charge in [-0.1, -0.05) is 30.3 Å². The van der Waals surface area contributed by atoms with Gasteiger partial charge in [0.05, 0.1) is 5.41 Å². The van der Waals surface area contributed by atoms with Gasteiger partial charge in [-0.2, -0.15) is 13.2 Å². The topological polar surface area (TPSA) is 41.6 Å². The lowest BCUT2D eigenvalue weighted by Crippen LogP contribution is -2.49. The third-order valence-electron chi connectivity index (χ3n) is 4.25. The number of rotatable bonds is 4. The number of alkyl halides is 3. The molecule has 0 spiro atoms. The first-order chi connectivity index (χ1) is 11.5. The zero-order valence-corrected chi connectivity index (χ0v) is 14.8. The fourth-order valence-electron chi connectivity index (χ4n) is 2.97. The van der Waals surface area contributed by atoms with E-state index in [0.29, 0.717) is 13.1 Å². The summed E-state index contributed by atoms with van der Waals surface area (Å²) in [5, 5.41) is 2.31. The van der Waals surface area contributed by atoms with Crippen molar-refractivity contribution in [1.82, 2.24) is 10.2 Å². The van der Waals surface area contributed by atoms with Crippen molar-refractivity contribution < 1.29 is 22.7 Å². The van der Waals surface area contributed by atoms with Gasteiger partial charge in [-0.15, -0.1) is 0 Å². The van der Waals surface area contributed by atoms with Gasteiger partial charge in [-0.25, -0.2) is 4.79 Å². The molecular weight excluding hydrogens is 333 g/mol. The lowest BCUT2D eigenvalue weighted by atomic mass is 9.86. The SMILES string of the molecule is CC(C)(C)OC(=O)NCC1(C(F)(F)F)CCN(Cc2ccccc2)C1. The van der Waals surface area contributed by atoms with Gasteiger partial charge in [0.1, 0.15) is 5.60 Å². The van der Waals surface area contributed by atoms with Crippen LogP contribution in [-0.2, 0) is 11.3 Å². The molecule has 25 heavy (non-hydrogen) atoms. The van der Waals surface area contributed by atoms with E-state index in [1.54, 1.807) is 25.7 Å². The number of benzene rings is 1. The van der Waals surface area contributed by atoms with Crippen LogP contribution >= 0.6 is 0 Å². The first-order valence-electron chi connectivity index (χ1n) is 8.31. The van der Waals surface area contributed by atoms with Crippen LogP contribution in [-0.4, -0.2) is 42.4 Å². The normalized spacial score (nSPS) is 22.0. The summed E-state index contributed by atoms with van der Waals surface area (Å²) >= 11 is 0. The Bertz CT molecular complexity index is 584. The van der Waals surface area contributed by atoms with Crippen LogP contribution in [0.4, 0.5) is 18.0 Å². The molecule has 1 aromatic carbocycles. The van der Waals surface area contributed by atoms with Gasteiger partial charge in [0.25, 0.3) is 0 Å². The molecule has 140 valence electrons. The van der Waals surface area contributed by atoms with E-state index in [2.05, 4.69) is 5.32 Å². The molecule has 1 fully saturated rings. The van der Waals surface area contributed by atoms with Crippen molar-refractivity contribution in [3.8, 4) is 0 Å². The van der Waals surface area contributed by atoms with Crippen molar-refractivity contribution in [3.05, 3.63) is 35.9 Å². The Morgan fingerprint density at radius 3 is 2.44 bits per heavy atom. The Morgan fingerprint density at radius 2 is 1.88 bits per heavy atom. The number of hydrogen-bond donors (Lipinski definition) is 1. The van der Waals surface area contributed by atoms with Crippen molar-refractivity contribution >= 4 is 6.09 Å². The van der Waals surface area contributed by atoms with Crippen molar-refractivity contribution in [2.24, 2.45) is 5.41 Å². The third-order valence-corrected chi connectivity index (χ3v) is 4.25. The lowest BCUT2D eigenvalue weighted by Gasteiger charge is -2.32. The predicted octanol–water partition coefficient (Wildman–Crippen LogP) is 3.97.